The van der Waals surface area contributed by atoms with Crippen LogP contribution in [0.15, 0.2) is 0 Å². The van der Waals surface area contributed by atoms with Crippen LogP contribution in [-0.4, -0.2) is 53.2 Å². The van der Waals surface area contributed by atoms with Crippen molar-refractivity contribution in [3.05, 3.63) is 0 Å². The highest BCUT2D eigenvalue weighted by atomic mass is 79.9. The van der Waals surface area contributed by atoms with Gasteiger partial charge in [-0.1, -0.05) is 70.3 Å². The van der Waals surface area contributed by atoms with Gasteiger partial charge in [0, 0.05) is 11.9 Å². The van der Waals surface area contributed by atoms with Gasteiger partial charge in [-0.05, 0) is 56.0 Å². The van der Waals surface area contributed by atoms with Crippen LogP contribution in [0.5, 0.6) is 0 Å². The molecule has 0 bridgehead atoms. The number of halogens is 1. The molecule has 0 amide bonds. The SMILES string of the molecule is CC(C)(C)[Si](C)(C)OCCO.CC(OCCCCCCBr)O[Si](C)(C)C(C)(C)C. The molecule has 0 aromatic carbocycles. The number of hydrogen-bond donors (Lipinski definition) is 1. The smallest absolute Gasteiger partial charge is 0.195 e. The number of alkyl halides is 1. The van der Waals surface area contributed by atoms with Crippen LogP contribution in [0.3, 0.4) is 0 Å². The predicted octanol–water partition coefficient (Wildman–Crippen LogP) is 7.33. The first-order valence-corrected chi connectivity index (χ1v) is 18.1. The van der Waals surface area contributed by atoms with E-state index in [-0.39, 0.29) is 23.0 Å². The first kappa shape index (κ1) is 31.9. The molecule has 1 atom stereocenters. The standard InChI is InChI=1S/C14H31BrO2Si.C8H20O2Si/c1-13(16-12-10-8-7-9-11-15)17-18(5,6)14(2,3)4;1-8(2,3)11(4,5)10-7-6-9/h13H,7-12H2,1-6H3;9H,6-7H2,1-5H3. The molecule has 0 saturated heterocycles. The number of ether oxygens (including phenoxy) is 1. The van der Waals surface area contributed by atoms with Crippen molar-refractivity contribution in [2.24, 2.45) is 0 Å². The molecule has 0 heterocycles. The van der Waals surface area contributed by atoms with Crippen molar-refractivity contribution >= 4 is 32.6 Å². The van der Waals surface area contributed by atoms with E-state index in [4.69, 9.17) is 18.7 Å². The molecule has 1 unspecified atom stereocenters. The lowest BCUT2D eigenvalue weighted by Crippen LogP contribution is -2.43. The van der Waals surface area contributed by atoms with Crippen molar-refractivity contribution in [3.63, 3.8) is 0 Å². The number of hydrogen-bond acceptors (Lipinski definition) is 4. The van der Waals surface area contributed by atoms with E-state index in [0.717, 1.165) is 18.4 Å². The topological polar surface area (TPSA) is 47.9 Å². The van der Waals surface area contributed by atoms with Crippen LogP contribution in [0, 0.1) is 0 Å². The maximum Gasteiger partial charge on any atom is 0.195 e. The molecule has 0 aliphatic heterocycles. The van der Waals surface area contributed by atoms with Gasteiger partial charge in [-0.2, -0.15) is 0 Å². The fraction of sp³-hybridized carbons (Fsp3) is 1.00. The van der Waals surface area contributed by atoms with E-state index in [1.54, 1.807) is 0 Å². The monoisotopic (exact) mass is 514 g/mol. The second-order valence-corrected chi connectivity index (χ2v) is 21.1. The molecule has 4 nitrogen and oxygen atoms in total. The average Bonchev–Trinajstić information content (AvgIpc) is 2.54. The summed E-state index contributed by atoms with van der Waals surface area (Å²) in [6.45, 7) is 25.7. The van der Waals surface area contributed by atoms with E-state index in [2.05, 4.69) is 83.7 Å². The highest BCUT2D eigenvalue weighted by Gasteiger charge is 2.38. The van der Waals surface area contributed by atoms with E-state index in [0.29, 0.717) is 6.61 Å². The maximum absolute atomic E-state index is 8.59. The summed E-state index contributed by atoms with van der Waals surface area (Å²) in [6, 6.07) is 0. The minimum atomic E-state index is -1.68. The minimum Gasteiger partial charge on any atom is -0.414 e. The largest absolute Gasteiger partial charge is 0.414 e. The fourth-order valence-corrected chi connectivity index (χ4v) is 4.62. The zero-order valence-electron chi connectivity index (χ0n) is 21.3. The van der Waals surface area contributed by atoms with Crippen molar-refractivity contribution in [2.45, 2.75) is 117 Å². The Balaban J connectivity index is 0. The molecule has 0 spiro atoms. The van der Waals surface area contributed by atoms with E-state index < -0.39 is 16.6 Å². The molecule has 0 rings (SSSR count). The van der Waals surface area contributed by atoms with Gasteiger partial charge in [0.15, 0.2) is 16.6 Å². The molecule has 7 heteroatoms. The molecule has 0 fully saturated rings. The summed E-state index contributed by atoms with van der Waals surface area (Å²) in [7, 11) is -3.27. The van der Waals surface area contributed by atoms with Crippen molar-refractivity contribution in [2.75, 3.05) is 25.2 Å². The molecule has 0 aliphatic carbocycles. The Kier molecular flexibility index (Phi) is 16.2. The summed E-state index contributed by atoms with van der Waals surface area (Å²) in [5.41, 5.74) is 0. The van der Waals surface area contributed by atoms with Crippen molar-refractivity contribution in [3.8, 4) is 0 Å². The third-order valence-corrected chi connectivity index (χ3v) is 15.6. The van der Waals surface area contributed by atoms with Gasteiger partial charge in [0.1, 0.15) is 6.29 Å². The van der Waals surface area contributed by atoms with Crippen LogP contribution in [0.2, 0.25) is 36.3 Å². The van der Waals surface area contributed by atoms with Crippen LogP contribution in [-0.2, 0) is 13.6 Å². The summed E-state index contributed by atoms with van der Waals surface area (Å²) < 4.78 is 17.5. The molecular formula is C22H51BrO4Si2. The summed E-state index contributed by atoms with van der Waals surface area (Å²) in [5, 5.41) is 10.2. The number of aliphatic hydroxyl groups is 1. The van der Waals surface area contributed by atoms with Crippen LogP contribution in [0.1, 0.15) is 74.1 Å². The van der Waals surface area contributed by atoms with E-state index in [1.807, 2.05) is 6.92 Å². The quantitative estimate of drug-likeness (QED) is 0.128. The predicted molar refractivity (Wildman–Crippen MR) is 136 cm³/mol. The molecule has 0 saturated carbocycles. The molecule has 1 N–H and O–H groups in total. The Morgan fingerprint density at radius 2 is 1.28 bits per heavy atom. The third-order valence-electron chi connectivity index (χ3n) is 6.01. The van der Waals surface area contributed by atoms with E-state index >= 15 is 0 Å². The van der Waals surface area contributed by atoms with Gasteiger partial charge in [0.25, 0.3) is 0 Å². The van der Waals surface area contributed by atoms with Gasteiger partial charge in [-0.25, -0.2) is 0 Å². The second kappa shape index (κ2) is 14.7. The molecule has 0 aliphatic rings. The van der Waals surface area contributed by atoms with Gasteiger partial charge in [-0.3, -0.25) is 0 Å². The van der Waals surface area contributed by atoms with Crippen LogP contribution in [0.25, 0.3) is 0 Å². The Labute approximate surface area is 192 Å². The van der Waals surface area contributed by atoms with Gasteiger partial charge < -0.3 is 18.7 Å². The average molecular weight is 516 g/mol. The lowest BCUT2D eigenvalue weighted by Gasteiger charge is -2.38. The summed E-state index contributed by atoms with van der Waals surface area (Å²) >= 11 is 3.45. The van der Waals surface area contributed by atoms with Crippen molar-refractivity contribution in [1.82, 2.24) is 0 Å². The van der Waals surface area contributed by atoms with Gasteiger partial charge in [0.05, 0.1) is 13.2 Å². The first-order valence-electron chi connectivity index (χ1n) is 11.1. The van der Waals surface area contributed by atoms with Gasteiger partial charge >= 0.3 is 0 Å². The fourth-order valence-electron chi connectivity index (χ4n) is 1.94. The molecule has 0 aromatic heterocycles. The highest BCUT2D eigenvalue weighted by Crippen LogP contribution is 2.37. The third kappa shape index (κ3) is 15.2. The highest BCUT2D eigenvalue weighted by molar-refractivity contribution is 9.09. The molecule has 0 aromatic rings. The van der Waals surface area contributed by atoms with Crippen molar-refractivity contribution in [1.29, 1.82) is 0 Å². The first-order chi connectivity index (χ1) is 13.0. The number of unbranched alkanes of at least 4 members (excludes halogenated alkanes) is 3. The number of aliphatic hydroxyl groups excluding tert-OH is 1. The van der Waals surface area contributed by atoms with Gasteiger partial charge in [-0.15, -0.1) is 0 Å². The zero-order chi connectivity index (χ0) is 23.4. The van der Waals surface area contributed by atoms with E-state index in [1.165, 1.54) is 19.3 Å². The molecular weight excluding hydrogens is 464 g/mol. The lowest BCUT2D eigenvalue weighted by molar-refractivity contribution is -0.0760. The van der Waals surface area contributed by atoms with E-state index in [9.17, 15) is 0 Å². The Morgan fingerprint density at radius 1 is 0.793 bits per heavy atom. The van der Waals surface area contributed by atoms with Crippen LogP contribution in [0.4, 0.5) is 0 Å². The second-order valence-electron chi connectivity index (χ2n) is 10.8. The Bertz CT molecular complexity index is 405. The summed E-state index contributed by atoms with van der Waals surface area (Å²) in [5.74, 6) is 0. The van der Waals surface area contributed by atoms with Gasteiger partial charge in [0.2, 0.25) is 0 Å². The van der Waals surface area contributed by atoms with Crippen LogP contribution < -0.4 is 0 Å². The maximum atomic E-state index is 8.59. The van der Waals surface area contributed by atoms with Crippen molar-refractivity contribution < 1.29 is 18.7 Å². The Hall–Kier alpha value is 0.754. The molecule has 29 heavy (non-hydrogen) atoms. The lowest BCUT2D eigenvalue weighted by atomic mass is 10.2. The Morgan fingerprint density at radius 3 is 1.69 bits per heavy atom. The normalized spacial score (nSPS) is 14.4. The molecule has 178 valence electrons. The number of rotatable bonds is 12. The van der Waals surface area contributed by atoms with Crippen LogP contribution >= 0.6 is 15.9 Å². The summed E-state index contributed by atoms with van der Waals surface area (Å²) in [6.07, 6.45) is 4.86. The zero-order valence-corrected chi connectivity index (χ0v) is 24.9. The molecule has 0 radical (unpaired) electrons. The summed E-state index contributed by atoms with van der Waals surface area (Å²) in [4.78, 5) is 0. The minimum absolute atomic E-state index is 0.0675.